The summed E-state index contributed by atoms with van der Waals surface area (Å²) in [6.45, 7) is 4.81. The average molecular weight is 318 g/mol. The first-order valence-corrected chi connectivity index (χ1v) is 9.17. The largest absolute Gasteiger partial charge is 0.494 e. The van der Waals surface area contributed by atoms with Gasteiger partial charge in [-0.1, -0.05) is 44.4 Å². The first kappa shape index (κ1) is 17.8. The third-order valence-electron chi connectivity index (χ3n) is 4.59. The number of carbonyl (C=O) groups excluding carboxylic acids is 1. The molecule has 0 aromatic heterocycles. The first-order valence-electron chi connectivity index (χ1n) is 9.17. The van der Waals surface area contributed by atoms with Gasteiger partial charge in [-0.05, 0) is 38.7 Å². The number of hydrogen-bond acceptors (Lipinski definition) is 3. The molecule has 2 atom stereocenters. The highest BCUT2D eigenvalue weighted by Crippen LogP contribution is 2.39. The fraction of sp³-hybridized carbons (Fsp3) is 0.650. The van der Waals surface area contributed by atoms with Gasteiger partial charge in [-0.3, -0.25) is 4.79 Å². The second kappa shape index (κ2) is 9.59. The van der Waals surface area contributed by atoms with E-state index in [1.54, 1.807) is 0 Å². The number of rotatable bonds is 8. The van der Waals surface area contributed by atoms with E-state index in [0.29, 0.717) is 13.0 Å². The summed E-state index contributed by atoms with van der Waals surface area (Å²) in [6, 6.07) is 8.20. The van der Waals surface area contributed by atoms with Gasteiger partial charge in [0.25, 0.3) is 0 Å². The zero-order valence-corrected chi connectivity index (χ0v) is 14.6. The van der Waals surface area contributed by atoms with Crippen LogP contribution in [0.4, 0.5) is 0 Å². The molecule has 0 saturated heterocycles. The number of hydrogen-bond donors (Lipinski definition) is 0. The number of ether oxygens (including phenoxy) is 2. The lowest BCUT2D eigenvalue weighted by Gasteiger charge is -2.32. The standard InChI is InChI=1S/C20H30O3/c1-3-5-6-15-20(21)23-19-14-10-8-12-17(19)16-11-7-9-13-18(16)22-4-2/h7,9,11,13,17,19H,3-6,8,10,12,14-15H2,1-2H3/t17-,19+/m1/s1. The van der Waals surface area contributed by atoms with E-state index in [4.69, 9.17) is 9.47 Å². The van der Waals surface area contributed by atoms with Crippen LogP contribution in [0.5, 0.6) is 5.75 Å². The van der Waals surface area contributed by atoms with Gasteiger partial charge in [0.15, 0.2) is 0 Å². The molecule has 0 spiro atoms. The zero-order chi connectivity index (χ0) is 16.5. The monoisotopic (exact) mass is 318 g/mol. The highest BCUT2D eigenvalue weighted by atomic mass is 16.5. The Morgan fingerprint density at radius 1 is 1.13 bits per heavy atom. The van der Waals surface area contributed by atoms with Crippen LogP contribution >= 0.6 is 0 Å². The number of benzene rings is 1. The van der Waals surface area contributed by atoms with E-state index in [0.717, 1.165) is 44.3 Å². The van der Waals surface area contributed by atoms with Gasteiger partial charge in [0, 0.05) is 17.9 Å². The maximum atomic E-state index is 12.1. The van der Waals surface area contributed by atoms with Crippen LogP contribution < -0.4 is 4.74 Å². The van der Waals surface area contributed by atoms with Crippen molar-refractivity contribution >= 4 is 5.97 Å². The summed E-state index contributed by atoms with van der Waals surface area (Å²) in [5.41, 5.74) is 1.19. The molecule has 23 heavy (non-hydrogen) atoms. The molecule has 128 valence electrons. The van der Waals surface area contributed by atoms with E-state index < -0.39 is 0 Å². The van der Waals surface area contributed by atoms with Crippen LogP contribution in [0.15, 0.2) is 24.3 Å². The second-order valence-corrected chi connectivity index (χ2v) is 6.35. The average Bonchev–Trinajstić information content (AvgIpc) is 2.57. The predicted octanol–water partition coefficient (Wildman–Crippen LogP) is 5.24. The van der Waals surface area contributed by atoms with E-state index in [-0.39, 0.29) is 18.0 Å². The number of unbranched alkanes of at least 4 members (excludes halogenated alkanes) is 2. The van der Waals surface area contributed by atoms with Crippen LogP contribution in [0.3, 0.4) is 0 Å². The van der Waals surface area contributed by atoms with Crippen molar-refractivity contribution in [2.24, 2.45) is 0 Å². The molecule has 0 amide bonds. The quantitative estimate of drug-likeness (QED) is 0.486. The minimum absolute atomic E-state index is 0.000479. The van der Waals surface area contributed by atoms with Crippen LogP contribution in [0.1, 0.15) is 76.7 Å². The highest BCUT2D eigenvalue weighted by Gasteiger charge is 2.31. The molecule has 1 aromatic rings. The molecule has 0 unspecified atom stereocenters. The third kappa shape index (κ3) is 5.26. The molecule has 1 aromatic carbocycles. The molecule has 0 aliphatic heterocycles. The van der Waals surface area contributed by atoms with Crippen molar-refractivity contribution in [1.29, 1.82) is 0 Å². The predicted molar refractivity (Wildman–Crippen MR) is 92.8 cm³/mol. The lowest BCUT2D eigenvalue weighted by Crippen LogP contribution is -2.29. The molecule has 0 heterocycles. The molecule has 0 bridgehead atoms. The summed E-state index contributed by atoms with van der Waals surface area (Å²) in [6.07, 6.45) is 8.06. The molecular weight excluding hydrogens is 288 g/mol. The van der Waals surface area contributed by atoms with Crippen LogP contribution in [-0.2, 0) is 9.53 Å². The highest BCUT2D eigenvalue weighted by molar-refractivity contribution is 5.69. The molecule has 1 aliphatic rings. The van der Waals surface area contributed by atoms with Gasteiger partial charge in [0.05, 0.1) is 6.61 Å². The molecule has 1 saturated carbocycles. The molecule has 0 radical (unpaired) electrons. The van der Waals surface area contributed by atoms with Gasteiger partial charge in [-0.25, -0.2) is 0 Å². The molecule has 2 rings (SSSR count). The SMILES string of the molecule is CCCCCC(=O)O[C@H]1CCCC[C@@H]1c1ccccc1OCC. The minimum Gasteiger partial charge on any atom is -0.494 e. The van der Waals surface area contributed by atoms with Crippen LogP contribution in [0, 0.1) is 0 Å². The fourth-order valence-corrected chi connectivity index (χ4v) is 3.41. The second-order valence-electron chi connectivity index (χ2n) is 6.35. The Balaban J connectivity index is 2.05. The van der Waals surface area contributed by atoms with Crippen molar-refractivity contribution in [1.82, 2.24) is 0 Å². The van der Waals surface area contributed by atoms with E-state index in [9.17, 15) is 4.79 Å². The first-order chi connectivity index (χ1) is 11.3. The summed E-state index contributed by atoms with van der Waals surface area (Å²) >= 11 is 0. The van der Waals surface area contributed by atoms with Gasteiger partial charge in [0.2, 0.25) is 0 Å². The molecule has 1 fully saturated rings. The number of esters is 1. The van der Waals surface area contributed by atoms with Gasteiger partial charge in [0.1, 0.15) is 11.9 Å². The van der Waals surface area contributed by atoms with Gasteiger partial charge >= 0.3 is 5.97 Å². The maximum absolute atomic E-state index is 12.1. The smallest absolute Gasteiger partial charge is 0.306 e. The normalized spacial score (nSPS) is 21.0. The Hall–Kier alpha value is -1.51. The van der Waals surface area contributed by atoms with Crippen LogP contribution in [0.2, 0.25) is 0 Å². The van der Waals surface area contributed by atoms with Gasteiger partial charge in [-0.2, -0.15) is 0 Å². The van der Waals surface area contributed by atoms with Crippen molar-refractivity contribution in [2.45, 2.75) is 77.2 Å². The Bertz CT molecular complexity index is 484. The fourth-order valence-electron chi connectivity index (χ4n) is 3.41. The third-order valence-corrected chi connectivity index (χ3v) is 4.59. The van der Waals surface area contributed by atoms with Crippen molar-refractivity contribution in [2.75, 3.05) is 6.61 Å². The molecule has 1 aliphatic carbocycles. The summed E-state index contributed by atoms with van der Waals surface area (Å²) in [5.74, 6) is 1.17. The lowest BCUT2D eigenvalue weighted by atomic mass is 9.81. The van der Waals surface area contributed by atoms with E-state index in [2.05, 4.69) is 13.0 Å². The summed E-state index contributed by atoms with van der Waals surface area (Å²) in [7, 11) is 0. The van der Waals surface area contributed by atoms with Crippen molar-refractivity contribution in [3.63, 3.8) is 0 Å². The molecule has 3 nitrogen and oxygen atoms in total. The summed E-state index contributed by atoms with van der Waals surface area (Å²) < 4.78 is 11.6. The molecule has 3 heteroatoms. The lowest BCUT2D eigenvalue weighted by molar-refractivity contribution is -0.151. The summed E-state index contributed by atoms with van der Waals surface area (Å²) in [4.78, 5) is 12.1. The Morgan fingerprint density at radius 3 is 2.70 bits per heavy atom. The number of carbonyl (C=O) groups is 1. The van der Waals surface area contributed by atoms with Gasteiger partial charge in [-0.15, -0.1) is 0 Å². The van der Waals surface area contributed by atoms with Crippen molar-refractivity contribution in [3.8, 4) is 5.75 Å². The van der Waals surface area contributed by atoms with Crippen molar-refractivity contribution in [3.05, 3.63) is 29.8 Å². The minimum atomic E-state index is -0.0377. The number of para-hydroxylation sites is 1. The molecular formula is C20H30O3. The van der Waals surface area contributed by atoms with E-state index in [1.807, 2.05) is 25.1 Å². The van der Waals surface area contributed by atoms with E-state index in [1.165, 1.54) is 12.0 Å². The molecule has 0 N–H and O–H groups in total. The van der Waals surface area contributed by atoms with E-state index >= 15 is 0 Å². The topological polar surface area (TPSA) is 35.5 Å². The van der Waals surface area contributed by atoms with Gasteiger partial charge < -0.3 is 9.47 Å². The summed E-state index contributed by atoms with van der Waals surface area (Å²) in [5, 5.41) is 0. The van der Waals surface area contributed by atoms with Crippen molar-refractivity contribution < 1.29 is 14.3 Å². The maximum Gasteiger partial charge on any atom is 0.306 e. The Labute approximate surface area is 140 Å². The Morgan fingerprint density at radius 2 is 1.91 bits per heavy atom. The van der Waals surface area contributed by atoms with Crippen LogP contribution in [0.25, 0.3) is 0 Å². The Kier molecular flexibility index (Phi) is 7.44. The zero-order valence-electron chi connectivity index (χ0n) is 14.6. The van der Waals surface area contributed by atoms with Crippen LogP contribution in [-0.4, -0.2) is 18.7 Å².